The molecule has 0 fully saturated rings. The lowest BCUT2D eigenvalue weighted by Crippen LogP contribution is -2.02. The number of fused-ring (bicyclic) bond motifs is 2. The third kappa shape index (κ3) is 3.35. The minimum absolute atomic E-state index is 0.830. The predicted octanol–water partition coefficient (Wildman–Crippen LogP) is 5.03. The minimum atomic E-state index is 0.830. The largest absolute Gasteiger partial charge is 0.331 e. The fourth-order valence-electron chi connectivity index (χ4n) is 3.46. The molecule has 0 atom stereocenters. The van der Waals surface area contributed by atoms with E-state index in [1.165, 1.54) is 16.6 Å². The molecule has 0 radical (unpaired) electrons. The van der Waals surface area contributed by atoms with Gasteiger partial charge in [0.2, 0.25) is 0 Å². The van der Waals surface area contributed by atoms with Crippen LogP contribution in [0.15, 0.2) is 48.7 Å². The van der Waals surface area contributed by atoms with E-state index in [0.717, 1.165) is 47.3 Å². The standard InChI is InChI=1S/C23H24N4/c1-4-5-8-17-11-13-21-23(16(17)2)26-22(27(21)3)14-12-18-15-24-19-9-6-7-10-20(19)25-18/h5-11,13,15H,4,12,14H2,1-3H3/b8-5-. The Hall–Kier alpha value is -3.01. The zero-order chi connectivity index (χ0) is 18.8. The molecule has 27 heavy (non-hydrogen) atoms. The number of hydrogen-bond acceptors (Lipinski definition) is 3. The molecule has 0 saturated heterocycles. The first-order valence-corrected chi connectivity index (χ1v) is 9.49. The van der Waals surface area contributed by atoms with Crippen LogP contribution in [0.3, 0.4) is 0 Å². The Kier molecular flexibility index (Phi) is 4.71. The van der Waals surface area contributed by atoms with Crippen molar-refractivity contribution in [3.05, 3.63) is 71.3 Å². The highest BCUT2D eigenvalue weighted by molar-refractivity contribution is 5.83. The Balaban J connectivity index is 1.62. The number of para-hydroxylation sites is 2. The third-order valence-corrected chi connectivity index (χ3v) is 5.08. The van der Waals surface area contributed by atoms with Crippen molar-refractivity contribution in [2.45, 2.75) is 33.1 Å². The predicted molar refractivity (Wildman–Crippen MR) is 112 cm³/mol. The fourth-order valence-corrected chi connectivity index (χ4v) is 3.46. The van der Waals surface area contributed by atoms with Crippen LogP contribution >= 0.6 is 0 Å². The summed E-state index contributed by atoms with van der Waals surface area (Å²) in [6.07, 6.45) is 8.97. The van der Waals surface area contributed by atoms with Gasteiger partial charge in [-0.15, -0.1) is 0 Å². The summed E-state index contributed by atoms with van der Waals surface area (Å²) in [5.41, 5.74) is 7.65. The van der Waals surface area contributed by atoms with E-state index in [0.29, 0.717) is 0 Å². The summed E-state index contributed by atoms with van der Waals surface area (Å²) in [4.78, 5) is 14.2. The van der Waals surface area contributed by atoms with E-state index in [1.807, 2.05) is 30.5 Å². The molecule has 4 rings (SSSR count). The van der Waals surface area contributed by atoms with Gasteiger partial charge < -0.3 is 4.57 Å². The number of hydrogen-bond donors (Lipinski definition) is 0. The number of imidazole rings is 1. The molecule has 0 saturated carbocycles. The van der Waals surface area contributed by atoms with Gasteiger partial charge in [0.1, 0.15) is 5.82 Å². The molecular weight excluding hydrogens is 332 g/mol. The smallest absolute Gasteiger partial charge is 0.109 e. The van der Waals surface area contributed by atoms with Crippen LogP contribution < -0.4 is 0 Å². The second-order valence-corrected chi connectivity index (χ2v) is 6.90. The van der Waals surface area contributed by atoms with E-state index in [1.54, 1.807) is 0 Å². The van der Waals surface area contributed by atoms with E-state index >= 15 is 0 Å². The van der Waals surface area contributed by atoms with Crippen molar-refractivity contribution in [1.29, 1.82) is 0 Å². The SMILES string of the molecule is CC/C=C\c1ccc2c(nc(CCc3cnc4ccccc4n3)n2C)c1C. The lowest BCUT2D eigenvalue weighted by molar-refractivity contribution is 0.775. The van der Waals surface area contributed by atoms with Crippen LogP contribution in [0.2, 0.25) is 0 Å². The number of nitrogens with zero attached hydrogens (tertiary/aromatic N) is 4. The monoisotopic (exact) mass is 356 g/mol. The first-order valence-electron chi connectivity index (χ1n) is 9.49. The number of aromatic nitrogens is 4. The number of allylic oxidation sites excluding steroid dienone is 1. The van der Waals surface area contributed by atoms with Crippen molar-refractivity contribution in [3.63, 3.8) is 0 Å². The molecule has 0 spiro atoms. The molecule has 2 heterocycles. The van der Waals surface area contributed by atoms with Crippen LogP contribution in [0.4, 0.5) is 0 Å². The molecule has 0 unspecified atom stereocenters. The summed E-state index contributed by atoms with van der Waals surface area (Å²) < 4.78 is 2.20. The highest BCUT2D eigenvalue weighted by Gasteiger charge is 2.12. The number of rotatable bonds is 5. The van der Waals surface area contributed by atoms with Crippen LogP contribution in [0.5, 0.6) is 0 Å². The van der Waals surface area contributed by atoms with Crippen molar-refractivity contribution in [2.75, 3.05) is 0 Å². The molecule has 0 aliphatic rings. The summed E-state index contributed by atoms with van der Waals surface area (Å²) in [6, 6.07) is 12.3. The third-order valence-electron chi connectivity index (χ3n) is 5.08. The second kappa shape index (κ2) is 7.31. The van der Waals surface area contributed by atoms with Crippen molar-refractivity contribution < 1.29 is 0 Å². The van der Waals surface area contributed by atoms with E-state index in [-0.39, 0.29) is 0 Å². The van der Waals surface area contributed by atoms with Crippen LogP contribution in [-0.4, -0.2) is 19.5 Å². The van der Waals surface area contributed by atoms with Gasteiger partial charge in [-0.3, -0.25) is 4.98 Å². The van der Waals surface area contributed by atoms with Crippen LogP contribution in [0.25, 0.3) is 28.1 Å². The summed E-state index contributed by atoms with van der Waals surface area (Å²) in [5, 5.41) is 0. The van der Waals surface area contributed by atoms with Gasteiger partial charge in [0.15, 0.2) is 0 Å². The molecule has 0 N–H and O–H groups in total. The molecule has 4 heteroatoms. The molecule has 0 aliphatic carbocycles. The van der Waals surface area contributed by atoms with E-state index in [9.17, 15) is 0 Å². The maximum atomic E-state index is 4.94. The van der Waals surface area contributed by atoms with Gasteiger partial charge in [-0.1, -0.05) is 37.3 Å². The molecule has 0 aliphatic heterocycles. The average Bonchev–Trinajstić information content (AvgIpc) is 3.02. The van der Waals surface area contributed by atoms with Gasteiger partial charge in [-0.2, -0.15) is 0 Å². The average molecular weight is 356 g/mol. The van der Waals surface area contributed by atoms with Crippen LogP contribution in [-0.2, 0) is 19.9 Å². The lowest BCUT2D eigenvalue weighted by atomic mass is 10.1. The molecule has 2 aromatic carbocycles. The topological polar surface area (TPSA) is 43.6 Å². The van der Waals surface area contributed by atoms with Gasteiger partial charge in [-0.05, 0) is 49.1 Å². The Bertz CT molecular complexity index is 1140. The maximum Gasteiger partial charge on any atom is 0.109 e. The zero-order valence-corrected chi connectivity index (χ0v) is 16.1. The normalized spacial score (nSPS) is 11.8. The molecule has 4 nitrogen and oxygen atoms in total. The Morgan fingerprint density at radius 1 is 1.00 bits per heavy atom. The summed E-state index contributed by atoms with van der Waals surface area (Å²) in [6.45, 7) is 4.31. The first kappa shape index (κ1) is 17.4. The Morgan fingerprint density at radius 2 is 1.81 bits per heavy atom. The van der Waals surface area contributed by atoms with Gasteiger partial charge in [0.25, 0.3) is 0 Å². The summed E-state index contributed by atoms with van der Waals surface area (Å²) >= 11 is 0. The molecule has 0 amide bonds. The first-order chi connectivity index (χ1) is 13.2. The number of benzene rings is 2. The molecule has 2 aromatic heterocycles. The van der Waals surface area contributed by atoms with Crippen molar-refractivity contribution >= 4 is 28.1 Å². The van der Waals surface area contributed by atoms with Crippen LogP contribution in [0.1, 0.15) is 36.0 Å². The van der Waals surface area contributed by atoms with Crippen molar-refractivity contribution in [3.8, 4) is 0 Å². The van der Waals surface area contributed by atoms with E-state index in [4.69, 9.17) is 9.97 Å². The Morgan fingerprint density at radius 3 is 2.63 bits per heavy atom. The highest BCUT2D eigenvalue weighted by atomic mass is 15.1. The Labute approximate surface area is 159 Å². The maximum absolute atomic E-state index is 4.94. The van der Waals surface area contributed by atoms with Gasteiger partial charge in [0.05, 0.1) is 27.8 Å². The quantitative estimate of drug-likeness (QED) is 0.503. The summed E-state index contributed by atoms with van der Waals surface area (Å²) in [7, 11) is 2.09. The molecular formula is C23H24N4. The van der Waals surface area contributed by atoms with Crippen molar-refractivity contribution in [2.24, 2.45) is 7.05 Å². The lowest BCUT2D eigenvalue weighted by Gasteiger charge is -2.04. The molecule has 136 valence electrons. The zero-order valence-electron chi connectivity index (χ0n) is 16.1. The molecule has 0 bridgehead atoms. The van der Waals surface area contributed by atoms with Crippen LogP contribution in [0, 0.1) is 6.92 Å². The van der Waals surface area contributed by atoms with E-state index in [2.05, 4.69) is 54.7 Å². The van der Waals surface area contributed by atoms with Gasteiger partial charge >= 0.3 is 0 Å². The highest BCUT2D eigenvalue weighted by Crippen LogP contribution is 2.24. The second-order valence-electron chi connectivity index (χ2n) is 6.90. The van der Waals surface area contributed by atoms with Crippen molar-refractivity contribution in [1.82, 2.24) is 19.5 Å². The minimum Gasteiger partial charge on any atom is -0.331 e. The number of aryl methyl sites for hydroxylation is 4. The molecule has 4 aromatic rings. The fraction of sp³-hybridized carbons (Fsp3) is 0.261. The van der Waals surface area contributed by atoms with Gasteiger partial charge in [0, 0.05) is 19.7 Å². The summed E-state index contributed by atoms with van der Waals surface area (Å²) in [5.74, 6) is 1.08. The van der Waals surface area contributed by atoms with Gasteiger partial charge in [-0.25, -0.2) is 9.97 Å². The van der Waals surface area contributed by atoms with E-state index < -0.39 is 0 Å².